The third-order valence-corrected chi connectivity index (χ3v) is 3.10. The molecule has 2 unspecified atom stereocenters. The maximum absolute atomic E-state index is 10.9. The molecular weight excluding hydrogens is 258 g/mol. The minimum absolute atomic E-state index is 0.166. The highest BCUT2D eigenvalue weighted by atomic mass is 16.5. The van der Waals surface area contributed by atoms with Crippen molar-refractivity contribution >= 4 is 5.97 Å². The van der Waals surface area contributed by atoms with Crippen molar-refractivity contribution in [3.8, 4) is 5.75 Å². The first-order chi connectivity index (χ1) is 9.49. The third-order valence-electron chi connectivity index (χ3n) is 3.10. The van der Waals surface area contributed by atoms with E-state index in [0.717, 1.165) is 5.56 Å². The van der Waals surface area contributed by atoms with E-state index in [-0.39, 0.29) is 6.42 Å². The van der Waals surface area contributed by atoms with Crippen LogP contribution in [0.2, 0.25) is 0 Å². The van der Waals surface area contributed by atoms with Crippen LogP contribution in [-0.4, -0.2) is 35.9 Å². The second-order valence-corrected chi connectivity index (χ2v) is 4.57. The SMILES string of the molecule is C=CCNC(CC(=O)O)C(O)c1ccc(OC)cc1C. The van der Waals surface area contributed by atoms with Crippen LogP contribution in [0.15, 0.2) is 30.9 Å². The van der Waals surface area contributed by atoms with Gasteiger partial charge < -0.3 is 20.3 Å². The number of aryl methyl sites for hydroxylation is 1. The Morgan fingerprint density at radius 2 is 2.25 bits per heavy atom. The largest absolute Gasteiger partial charge is 0.497 e. The lowest BCUT2D eigenvalue weighted by atomic mass is 9.95. The molecular formula is C15H21NO4. The number of aliphatic hydroxyl groups excluding tert-OH is 1. The molecule has 0 aliphatic carbocycles. The topological polar surface area (TPSA) is 78.8 Å². The number of aliphatic carboxylic acids is 1. The van der Waals surface area contributed by atoms with E-state index in [1.54, 1.807) is 25.3 Å². The third kappa shape index (κ3) is 4.36. The van der Waals surface area contributed by atoms with Gasteiger partial charge in [-0.05, 0) is 30.2 Å². The van der Waals surface area contributed by atoms with E-state index < -0.39 is 18.1 Å². The second kappa shape index (κ2) is 7.67. The number of ether oxygens (including phenoxy) is 1. The second-order valence-electron chi connectivity index (χ2n) is 4.57. The number of methoxy groups -OCH3 is 1. The minimum atomic E-state index is -0.961. The van der Waals surface area contributed by atoms with Crippen molar-refractivity contribution in [2.24, 2.45) is 0 Å². The number of carboxylic acids is 1. The maximum atomic E-state index is 10.9. The number of rotatable bonds is 8. The normalized spacial score (nSPS) is 13.6. The molecule has 0 amide bonds. The van der Waals surface area contributed by atoms with Crippen LogP contribution in [0, 0.1) is 6.92 Å². The Balaban J connectivity index is 2.94. The van der Waals surface area contributed by atoms with Crippen molar-refractivity contribution in [3.63, 3.8) is 0 Å². The molecule has 110 valence electrons. The number of hydrogen-bond donors (Lipinski definition) is 3. The lowest BCUT2D eigenvalue weighted by Gasteiger charge is -2.24. The molecule has 0 fully saturated rings. The predicted octanol–water partition coefficient (Wildman–Crippen LogP) is 1.66. The molecule has 0 saturated heterocycles. The molecule has 5 nitrogen and oxygen atoms in total. The molecule has 0 saturated carbocycles. The summed E-state index contributed by atoms with van der Waals surface area (Å²) in [5.74, 6) is -0.260. The van der Waals surface area contributed by atoms with Crippen LogP contribution < -0.4 is 10.1 Å². The monoisotopic (exact) mass is 279 g/mol. The molecule has 0 bridgehead atoms. The maximum Gasteiger partial charge on any atom is 0.305 e. The molecule has 5 heteroatoms. The summed E-state index contributed by atoms with van der Waals surface area (Å²) in [6.07, 6.45) is 0.556. The fraction of sp³-hybridized carbons (Fsp3) is 0.400. The van der Waals surface area contributed by atoms with Gasteiger partial charge in [0.2, 0.25) is 0 Å². The average molecular weight is 279 g/mol. The fourth-order valence-electron chi connectivity index (χ4n) is 2.04. The molecule has 0 spiro atoms. The van der Waals surface area contributed by atoms with Crippen LogP contribution in [-0.2, 0) is 4.79 Å². The molecule has 0 aliphatic rings. The van der Waals surface area contributed by atoms with Gasteiger partial charge in [0.25, 0.3) is 0 Å². The van der Waals surface area contributed by atoms with Crippen LogP contribution >= 0.6 is 0 Å². The summed E-state index contributed by atoms with van der Waals surface area (Å²) in [4.78, 5) is 10.9. The van der Waals surface area contributed by atoms with Crippen LogP contribution in [0.25, 0.3) is 0 Å². The Labute approximate surface area is 118 Å². The highest BCUT2D eigenvalue weighted by Gasteiger charge is 2.24. The quantitative estimate of drug-likeness (QED) is 0.631. The Morgan fingerprint density at radius 1 is 1.55 bits per heavy atom. The zero-order valence-electron chi connectivity index (χ0n) is 11.8. The first-order valence-electron chi connectivity index (χ1n) is 6.38. The zero-order chi connectivity index (χ0) is 15.1. The summed E-state index contributed by atoms with van der Waals surface area (Å²) in [5.41, 5.74) is 1.54. The van der Waals surface area contributed by atoms with Gasteiger partial charge in [0.15, 0.2) is 0 Å². The molecule has 0 radical (unpaired) electrons. The van der Waals surface area contributed by atoms with Crippen molar-refractivity contribution in [2.75, 3.05) is 13.7 Å². The summed E-state index contributed by atoms with van der Waals surface area (Å²) in [7, 11) is 1.57. The summed E-state index contributed by atoms with van der Waals surface area (Å²) in [5, 5.41) is 22.3. The van der Waals surface area contributed by atoms with Gasteiger partial charge in [0.1, 0.15) is 5.75 Å². The van der Waals surface area contributed by atoms with Gasteiger partial charge in [-0.1, -0.05) is 12.1 Å². The predicted molar refractivity (Wildman–Crippen MR) is 76.9 cm³/mol. The van der Waals surface area contributed by atoms with Crippen LogP contribution in [0.1, 0.15) is 23.7 Å². The number of nitrogens with one attached hydrogen (secondary N) is 1. The van der Waals surface area contributed by atoms with E-state index in [4.69, 9.17) is 9.84 Å². The lowest BCUT2D eigenvalue weighted by molar-refractivity contribution is -0.138. The first-order valence-corrected chi connectivity index (χ1v) is 6.38. The molecule has 0 aromatic heterocycles. The summed E-state index contributed by atoms with van der Waals surface area (Å²) in [6, 6.07) is 4.74. The van der Waals surface area contributed by atoms with Crippen LogP contribution in [0.5, 0.6) is 5.75 Å². The summed E-state index contributed by atoms with van der Waals surface area (Å²) in [6.45, 7) is 5.86. The van der Waals surface area contributed by atoms with E-state index >= 15 is 0 Å². The zero-order valence-corrected chi connectivity index (χ0v) is 11.8. The molecule has 2 atom stereocenters. The molecule has 0 heterocycles. The molecule has 1 aromatic carbocycles. The number of hydrogen-bond acceptors (Lipinski definition) is 4. The van der Waals surface area contributed by atoms with E-state index in [2.05, 4.69) is 11.9 Å². The average Bonchev–Trinajstić information content (AvgIpc) is 2.42. The van der Waals surface area contributed by atoms with Gasteiger partial charge in [-0.3, -0.25) is 4.79 Å². The smallest absolute Gasteiger partial charge is 0.305 e. The van der Waals surface area contributed by atoms with Gasteiger partial charge in [-0.25, -0.2) is 0 Å². The van der Waals surface area contributed by atoms with Gasteiger partial charge in [-0.2, -0.15) is 0 Å². The molecule has 20 heavy (non-hydrogen) atoms. The van der Waals surface area contributed by atoms with Gasteiger partial charge in [0.05, 0.1) is 19.6 Å². The standard InChI is InChI=1S/C15H21NO4/c1-4-7-16-13(9-14(17)18)15(19)12-6-5-11(20-3)8-10(12)2/h4-6,8,13,15-16,19H,1,7,9H2,2-3H3,(H,17,18). The Hall–Kier alpha value is -1.85. The highest BCUT2D eigenvalue weighted by molar-refractivity contribution is 5.67. The van der Waals surface area contributed by atoms with Crippen molar-refractivity contribution in [1.82, 2.24) is 5.32 Å². The van der Waals surface area contributed by atoms with E-state index in [0.29, 0.717) is 17.9 Å². The molecule has 3 N–H and O–H groups in total. The van der Waals surface area contributed by atoms with E-state index in [1.165, 1.54) is 0 Å². The molecule has 0 aliphatic heterocycles. The Kier molecular flexibility index (Phi) is 6.21. The first kappa shape index (κ1) is 16.2. The summed E-state index contributed by atoms with van der Waals surface area (Å²) >= 11 is 0. The molecule has 1 aromatic rings. The summed E-state index contributed by atoms with van der Waals surface area (Å²) < 4.78 is 5.12. The number of aliphatic hydroxyl groups is 1. The molecule has 1 rings (SSSR count). The lowest BCUT2D eigenvalue weighted by Crippen LogP contribution is -2.37. The van der Waals surface area contributed by atoms with Crippen molar-refractivity contribution in [2.45, 2.75) is 25.5 Å². The number of carboxylic acid groups (broad SMARTS) is 1. The van der Waals surface area contributed by atoms with E-state index in [1.807, 2.05) is 13.0 Å². The fourth-order valence-corrected chi connectivity index (χ4v) is 2.04. The van der Waals surface area contributed by atoms with Crippen molar-refractivity contribution in [1.29, 1.82) is 0 Å². The Bertz CT molecular complexity index is 473. The minimum Gasteiger partial charge on any atom is -0.497 e. The van der Waals surface area contributed by atoms with Gasteiger partial charge in [-0.15, -0.1) is 6.58 Å². The van der Waals surface area contributed by atoms with Crippen LogP contribution in [0.3, 0.4) is 0 Å². The van der Waals surface area contributed by atoms with E-state index in [9.17, 15) is 9.90 Å². The van der Waals surface area contributed by atoms with Gasteiger partial charge in [0, 0.05) is 12.6 Å². The van der Waals surface area contributed by atoms with Crippen LogP contribution in [0.4, 0.5) is 0 Å². The Morgan fingerprint density at radius 3 is 2.75 bits per heavy atom. The highest BCUT2D eigenvalue weighted by Crippen LogP contribution is 2.25. The number of benzene rings is 1. The number of carbonyl (C=O) groups is 1. The van der Waals surface area contributed by atoms with Gasteiger partial charge >= 0.3 is 5.97 Å². The van der Waals surface area contributed by atoms with Crippen molar-refractivity contribution in [3.05, 3.63) is 42.0 Å². The van der Waals surface area contributed by atoms with Crippen molar-refractivity contribution < 1.29 is 19.7 Å².